The number of halogens is 2. The van der Waals surface area contributed by atoms with Crippen LogP contribution < -0.4 is 5.32 Å². The largest absolute Gasteiger partial charge is 0.457 e. The van der Waals surface area contributed by atoms with Crippen LogP contribution in [0, 0.1) is 10.1 Å². The number of hydrogen-bond acceptors (Lipinski definition) is 7. The molecule has 0 aliphatic carbocycles. The Hall–Kier alpha value is -5.30. The molecular weight excluding hydrogens is 744 g/mol. The highest BCUT2D eigenvalue weighted by atomic mass is 79.9. The summed E-state index contributed by atoms with van der Waals surface area (Å²) in [4.78, 5) is 57.1. The lowest BCUT2D eigenvalue weighted by atomic mass is 9.99. The number of carbonyl (C=O) groups excluding carboxylic acids is 3. The van der Waals surface area contributed by atoms with E-state index in [0.29, 0.717) is 11.3 Å². The van der Waals surface area contributed by atoms with Crippen molar-refractivity contribution in [3.63, 3.8) is 0 Å². The number of allylic oxidation sites excluding steroid dienone is 4. The van der Waals surface area contributed by atoms with E-state index in [0.717, 1.165) is 22.9 Å². The fourth-order valence-corrected chi connectivity index (χ4v) is 6.37. The third kappa shape index (κ3) is 8.28. The van der Waals surface area contributed by atoms with Crippen LogP contribution in [-0.2, 0) is 14.4 Å². The number of carbonyl (C=O) groups is 3. The van der Waals surface area contributed by atoms with Gasteiger partial charge in [0.2, 0.25) is 5.91 Å². The van der Waals surface area contributed by atoms with Gasteiger partial charge >= 0.3 is 0 Å². The Labute approximate surface area is 305 Å². The van der Waals surface area contributed by atoms with Crippen molar-refractivity contribution in [1.29, 1.82) is 0 Å². The van der Waals surface area contributed by atoms with Crippen molar-refractivity contribution in [1.82, 2.24) is 10.2 Å². The van der Waals surface area contributed by atoms with Gasteiger partial charge in [-0.05, 0) is 64.3 Å². The molecule has 1 aliphatic heterocycles. The third-order valence-electron chi connectivity index (χ3n) is 7.32. The number of rotatable bonds is 11. The molecule has 1 aromatic heterocycles. The van der Waals surface area contributed by atoms with Crippen LogP contribution in [0.4, 0.5) is 5.69 Å². The summed E-state index contributed by atoms with van der Waals surface area (Å²) in [6.07, 6.45) is 7.71. The molecule has 0 radical (unpaired) electrons. The first-order valence-electron chi connectivity index (χ1n) is 15.0. The summed E-state index contributed by atoms with van der Waals surface area (Å²) in [5.41, 5.74) is 1.94. The highest BCUT2D eigenvalue weighted by Gasteiger charge is 2.35. The normalized spacial score (nSPS) is 14.4. The first-order chi connectivity index (χ1) is 24.1. The number of thioether (sulfide) groups is 1. The third-order valence-corrected chi connectivity index (χ3v) is 9.61. The SMILES string of the molecule is C=C/C=C\C(=C/C)N1C(=O)/C(=C/c2ccc(-c3cc(Cl)c(Br)c([N+](=O)[O-])c3)o2)C(=O)N=C1SCC(=O)NC(c1ccccc1)c1ccccc1. The fourth-order valence-electron chi connectivity index (χ4n) is 4.97. The maximum atomic E-state index is 14.0. The molecule has 1 aliphatic rings. The number of hydrogen-bond donors (Lipinski definition) is 1. The van der Waals surface area contributed by atoms with Gasteiger partial charge in [-0.2, -0.15) is 4.99 Å². The van der Waals surface area contributed by atoms with Crippen LogP contribution in [-0.4, -0.2) is 38.5 Å². The molecule has 10 nitrogen and oxygen atoms in total. The van der Waals surface area contributed by atoms with Gasteiger partial charge in [-0.1, -0.05) is 109 Å². The molecule has 1 N–H and O–H groups in total. The van der Waals surface area contributed by atoms with Gasteiger partial charge in [0.1, 0.15) is 21.6 Å². The number of aliphatic imine (C=N–C) groups is 1. The van der Waals surface area contributed by atoms with E-state index in [1.165, 1.54) is 41.3 Å². The number of benzene rings is 3. The number of nitrogens with one attached hydrogen (secondary N) is 1. The zero-order valence-electron chi connectivity index (χ0n) is 26.4. The average molecular weight is 772 g/mol. The molecular formula is C37H28BrClN4O6S. The van der Waals surface area contributed by atoms with E-state index in [-0.39, 0.29) is 49.1 Å². The molecule has 252 valence electrons. The van der Waals surface area contributed by atoms with Crippen molar-refractivity contribution in [3.8, 4) is 11.3 Å². The zero-order chi connectivity index (χ0) is 35.8. The quantitative estimate of drug-likeness (QED) is 0.0530. The Morgan fingerprint density at radius 3 is 2.36 bits per heavy atom. The summed E-state index contributed by atoms with van der Waals surface area (Å²) in [5.74, 6) is -1.65. The van der Waals surface area contributed by atoms with Gasteiger partial charge in [-0.25, -0.2) is 0 Å². The standard InChI is InChI=1S/C37H28BrClN4O6S/c1-3-5-16-26(4-2)42-36(46)28(21-27-17-18-31(49-27)25-19-29(39)33(38)30(20-25)43(47)48)35(45)41-37(42)50-22-32(44)40-34(23-12-8-6-9-13-23)24-14-10-7-11-15-24/h3-21,34H,1,22H2,2H3,(H,40,44)/b16-5-,26-4+,28-21+. The lowest BCUT2D eigenvalue weighted by molar-refractivity contribution is -0.385. The summed E-state index contributed by atoms with van der Waals surface area (Å²) in [6, 6.07) is 24.5. The molecule has 50 heavy (non-hydrogen) atoms. The Balaban J connectivity index is 1.42. The van der Waals surface area contributed by atoms with Crippen LogP contribution in [0.25, 0.3) is 17.4 Å². The van der Waals surface area contributed by atoms with Crippen LogP contribution in [0.15, 0.2) is 141 Å². The summed E-state index contributed by atoms with van der Waals surface area (Å²) < 4.78 is 5.98. The minimum absolute atomic E-state index is 0.0158. The number of nitrogens with zero attached hydrogens (tertiary/aromatic N) is 3. The number of amidine groups is 1. The Bertz CT molecular complexity index is 2050. The molecule has 5 rings (SSSR count). The van der Waals surface area contributed by atoms with E-state index in [2.05, 4.69) is 32.8 Å². The molecule has 0 spiro atoms. The van der Waals surface area contributed by atoms with E-state index < -0.39 is 22.8 Å². The Kier molecular flexibility index (Phi) is 11.8. The van der Waals surface area contributed by atoms with Crippen LogP contribution in [0.5, 0.6) is 0 Å². The molecule has 13 heteroatoms. The van der Waals surface area contributed by atoms with Crippen LogP contribution in [0.2, 0.25) is 5.02 Å². The van der Waals surface area contributed by atoms with Gasteiger partial charge < -0.3 is 9.73 Å². The van der Waals surface area contributed by atoms with E-state index in [9.17, 15) is 24.5 Å². The average Bonchev–Trinajstić information content (AvgIpc) is 3.59. The lowest BCUT2D eigenvalue weighted by Crippen LogP contribution is -2.42. The monoisotopic (exact) mass is 770 g/mol. The number of nitro benzene ring substituents is 1. The molecule has 0 saturated carbocycles. The minimum atomic E-state index is -0.830. The van der Waals surface area contributed by atoms with Crippen LogP contribution in [0.3, 0.4) is 0 Å². The predicted molar refractivity (Wildman–Crippen MR) is 199 cm³/mol. The van der Waals surface area contributed by atoms with Gasteiger partial charge in [0.25, 0.3) is 17.5 Å². The smallest absolute Gasteiger partial charge is 0.285 e. The second kappa shape index (κ2) is 16.4. The molecule has 0 bridgehead atoms. The molecule has 3 amide bonds. The molecule has 3 aromatic carbocycles. The van der Waals surface area contributed by atoms with Crippen molar-refractivity contribution in [2.75, 3.05) is 5.75 Å². The van der Waals surface area contributed by atoms with Gasteiger partial charge in [0.05, 0.1) is 21.7 Å². The fraction of sp³-hybridized carbons (Fsp3) is 0.0811. The molecule has 0 fully saturated rings. The summed E-state index contributed by atoms with van der Waals surface area (Å²) in [6.45, 7) is 5.41. The summed E-state index contributed by atoms with van der Waals surface area (Å²) in [5, 5.41) is 14.7. The summed E-state index contributed by atoms with van der Waals surface area (Å²) >= 11 is 10.3. The van der Waals surface area contributed by atoms with Crippen LogP contribution in [0.1, 0.15) is 29.9 Å². The first-order valence-corrected chi connectivity index (χ1v) is 17.2. The zero-order valence-corrected chi connectivity index (χ0v) is 29.6. The van der Waals surface area contributed by atoms with Gasteiger partial charge in [-0.3, -0.25) is 29.4 Å². The minimum Gasteiger partial charge on any atom is -0.457 e. The van der Waals surface area contributed by atoms with Gasteiger partial charge in [0.15, 0.2) is 5.17 Å². The molecule has 0 atom stereocenters. The van der Waals surface area contributed by atoms with Gasteiger partial charge in [0, 0.05) is 17.3 Å². The maximum Gasteiger partial charge on any atom is 0.285 e. The molecule has 2 heterocycles. The topological polar surface area (TPSA) is 135 Å². The van der Waals surface area contributed by atoms with Crippen molar-refractivity contribution in [2.45, 2.75) is 13.0 Å². The van der Waals surface area contributed by atoms with E-state index in [1.54, 1.807) is 25.2 Å². The lowest BCUT2D eigenvalue weighted by Gasteiger charge is -2.28. The van der Waals surface area contributed by atoms with E-state index in [4.69, 9.17) is 16.0 Å². The Morgan fingerprint density at radius 2 is 1.76 bits per heavy atom. The van der Waals surface area contributed by atoms with E-state index in [1.807, 2.05) is 60.7 Å². The van der Waals surface area contributed by atoms with Crippen LogP contribution >= 0.6 is 39.3 Å². The number of furan rings is 1. The van der Waals surface area contributed by atoms with E-state index >= 15 is 0 Å². The number of nitro groups is 1. The summed E-state index contributed by atoms with van der Waals surface area (Å²) in [7, 11) is 0. The predicted octanol–water partition coefficient (Wildman–Crippen LogP) is 8.66. The van der Waals surface area contributed by atoms with Gasteiger partial charge in [-0.15, -0.1) is 0 Å². The highest BCUT2D eigenvalue weighted by molar-refractivity contribution is 9.10. The Morgan fingerprint density at radius 1 is 1.10 bits per heavy atom. The maximum absolute atomic E-state index is 14.0. The molecule has 4 aromatic rings. The van der Waals surface area contributed by atoms with Crippen molar-refractivity contribution in [2.24, 2.45) is 4.99 Å². The highest BCUT2D eigenvalue weighted by Crippen LogP contribution is 2.38. The second-order valence-electron chi connectivity index (χ2n) is 10.6. The number of amides is 3. The molecule has 0 saturated heterocycles. The van der Waals surface area contributed by atoms with Crippen molar-refractivity contribution < 1.29 is 23.7 Å². The first kappa shape index (κ1) is 36.0. The second-order valence-corrected chi connectivity index (χ2v) is 12.7. The van der Waals surface area contributed by atoms with Crippen molar-refractivity contribution >= 4 is 73.9 Å². The molecule has 0 unspecified atom stereocenters. The van der Waals surface area contributed by atoms with Crippen molar-refractivity contribution in [3.05, 3.63) is 164 Å².